The lowest BCUT2D eigenvalue weighted by atomic mass is 10.0. The second kappa shape index (κ2) is 5.84. The van der Waals surface area contributed by atoms with E-state index < -0.39 is 11.9 Å². The molecule has 4 heteroatoms. The van der Waals surface area contributed by atoms with Gasteiger partial charge >= 0.3 is 5.97 Å². The standard InChI is InChI=1S/C16H13NO3/c17-15(18)10-3-11-1-4-12(5-2-11)13-6-8-14(9-7-13)16(19)20/h1-10H,(H2,17,18)(H,19,20)/b10-3-. The van der Waals surface area contributed by atoms with E-state index >= 15 is 0 Å². The minimum absolute atomic E-state index is 0.259. The number of hydrogen-bond donors (Lipinski definition) is 2. The topological polar surface area (TPSA) is 80.4 Å². The van der Waals surface area contributed by atoms with E-state index in [9.17, 15) is 9.59 Å². The number of carboxylic acid groups (broad SMARTS) is 1. The quantitative estimate of drug-likeness (QED) is 0.835. The summed E-state index contributed by atoms with van der Waals surface area (Å²) in [6.45, 7) is 0. The number of benzene rings is 2. The van der Waals surface area contributed by atoms with E-state index in [-0.39, 0.29) is 5.56 Å². The molecular weight excluding hydrogens is 254 g/mol. The van der Waals surface area contributed by atoms with Crippen molar-refractivity contribution in [2.75, 3.05) is 0 Å². The molecule has 0 saturated heterocycles. The largest absolute Gasteiger partial charge is 0.478 e. The number of aromatic carboxylic acids is 1. The molecule has 2 aromatic carbocycles. The minimum Gasteiger partial charge on any atom is -0.478 e. The molecule has 0 aliphatic heterocycles. The Morgan fingerprint density at radius 3 is 1.85 bits per heavy atom. The van der Waals surface area contributed by atoms with Crippen LogP contribution in [0.3, 0.4) is 0 Å². The molecule has 0 aliphatic carbocycles. The highest BCUT2D eigenvalue weighted by Gasteiger charge is 2.02. The first-order valence-corrected chi connectivity index (χ1v) is 5.97. The molecule has 0 heterocycles. The van der Waals surface area contributed by atoms with Crippen LogP contribution in [0.4, 0.5) is 0 Å². The molecule has 0 spiro atoms. The van der Waals surface area contributed by atoms with Crippen molar-refractivity contribution in [1.29, 1.82) is 0 Å². The average molecular weight is 267 g/mol. The summed E-state index contributed by atoms with van der Waals surface area (Å²) < 4.78 is 0. The highest BCUT2D eigenvalue weighted by molar-refractivity contribution is 5.90. The van der Waals surface area contributed by atoms with Gasteiger partial charge in [-0.1, -0.05) is 36.4 Å². The average Bonchev–Trinajstić information content (AvgIpc) is 2.46. The Balaban J connectivity index is 2.21. The molecule has 2 rings (SSSR count). The fraction of sp³-hybridized carbons (Fsp3) is 0. The molecular formula is C16H13NO3. The molecule has 0 saturated carbocycles. The Hall–Kier alpha value is -2.88. The third-order valence-corrected chi connectivity index (χ3v) is 2.82. The summed E-state index contributed by atoms with van der Waals surface area (Å²) in [4.78, 5) is 21.4. The van der Waals surface area contributed by atoms with Crippen molar-refractivity contribution in [3.05, 3.63) is 65.7 Å². The maximum Gasteiger partial charge on any atom is 0.335 e. The van der Waals surface area contributed by atoms with Gasteiger partial charge in [0.2, 0.25) is 5.91 Å². The molecule has 4 nitrogen and oxygen atoms in total. The Morgan fingerprint density at radius 2 is 1.40 bits per heavy atom. The molecule has 0 radical (unpaired) electrons. The van der Waals surface area contributed by atoms with Crippen molar-refractivity contribution < 1.29 is 14.7 Å². The van der Waals surface area contributed by atoms with Crippen LogP contribution in [0.25, 0.3) is 17.2 Å². The molecule has 0 bridgehead atoms. The van der Waals surface area contributed by atoms with Gasteiger partial charge in [0.15, 0.2) is 0 Å². The summed E-state index contributed by atoms with van der Waals surface area (Å²) in [6, 6.07) is 14.2. The van der Waals surface area contributed by atoms with Crippen molar-refractivity contribution in [2.45, 2.75) is 0 Å². The second-order valence-corrected chi connectivity index (χ2v) is 4.24. The monoisotopic (exact) mass is 267 g/mol. The predicted octanol–water partition coefficient (Wildman–Crippen LogP) is 2.55. The molecule has 3 N–H and O–H groups in total. The zero-order valence-electron chi connectivity index (χ0n) is 10.6. The van der Waals surface area contributed by atoms with Crippen molar-refractivity contribution in [1.82, 2.24) is 0 Å². The van der Waals surface area contributed by atoms with Crippen molar-refractivity contribution in [2.24, 2.45) is 5.73 Å². The number of nitrogens with two attached hydrogens (primary N) is 1. The van der Waals surface area contributed by atoms with Gasteiger partial charge in [-0.05, 0) is 34.9 Å². The van der Waals surface area contributed by atoms with Gasteiger partial charge in [0, 0.05) is 6.08 Å². The summed E-state index contributed by atoms with van der Waals surface area (Å²) >= 11 is 0. The molecule has 20 heavy (non-hydrogen) atoms. The van der Waals surface area contributed by atoms with Crippen LogP contribution in [-0.2, 0) is 4.79 Å². The summed E-state index contributed by atoms with van der Waals surface area (Å²) in [5.74, 6) is -1.43. The number of carbonyl (C=O) groups is 2. The molecule has 0 aliphatic rings. The van der Waals surface area contributed by atoms with Crippen LogP contribution in [0, 0.1) is 0 Å². The van der Waals surface area contributed by atoms with Crippen molar-refractivity contribution in [3.63, 3.8) is 0 Å². The van der Waals surface area contributed by atoms with Gasteiger partial charge in [-0.3, -0.25) is 4.79 Å². The number of hydrogen-bond acceptors (Lipinski definition) is 2. The number of carboxylic acids is 1. The lowest BCUT2D eigenvalue weighted by molar-refractivity contribution is -0.113. The number of carbonyl (C=O) groups excluding carboxylic acids is 1. The smallest absolute Gasteiger partial charge is 0.335 e. The van der Waals surface area contributed by atoms with Gasteiger partial charge in [-0.2, -0.15) is 0 Å². The van der Waals surface area contributed by atoms with E-state index in [4.69, 9.17) is 10.8 Å². The highest BCUT2D eigenvalue weighted by Crippen LogP contribution is 2.20. The van der Waals surface area contributed by atoms with Crippen LogP contribution in [0.2, 0.25) is 0 Å². The van der Waals surface area contributed by atoms with Crippen LogP contribution in [0.5, 0.6) is 0 Å². The van der Waals surface area contributed by atoms with E-state index in [0.717, 1.165) is 16.7 Å². The summed E-state index contributed by atoms with van der Waals surface area (Å²) in [5.41, 5.74) is 8.06. The molecule has 0 aromatic heterocycles. The predicted molar refractivity (Wildman–Crippen MR) is 77.1 cm³/mol. The maximum absolute atomic E-state index is 10.8. The van der Waals surface area contributed by atoms with E-state index in [1.807, 2.05) is 24.3 Å². The molecule has 100 valence electrons. The number of primary amides is 1. The maximum atomic E-state index is 10.8. The number of rotatable bonds is 4. The van der Waals surface area contributed by atoms with Crippen LogP contribution >= 0.6 is 0 Å². The van der Waals surface area contributed by atoms with Gasteiger partial charge in [-0.15, -0.1) is 0 Å². The zero-order valence-corrected chi connectivity index (χ0v) is 10.6. The lowest BCUT2D eigenvalue weighted by Crippen LogP contribution is -2.04. The van der Waals surface area contributed by atoms with Gasteiger partial charge in [0.05, 0.1) is 5.56 Å². The zero-order chi connectivity index (χ0) is 14.5. The van der Waals surface area contributed by atoms with E-state index in [2.05, 4.69) is 0 Å². The molecule has 0 atom stereocenters. The van der Waals surface area contributed by atoms with Crippen LogP contribution < -0.4 is 5.73 Å². The first kappa shape index (κ1) is 13.5. The summed E-state index contributed by atoms with van der Waals surface area (Å²) in [7, 11) is 0. The second-order valence-electron chi connectivity index (χ2n) is 4.24. The summed E-state index contributed by atoms with van der Waals surface area (Å²) in [6.07, 6.45) is 2.94. The minimum atomic E-state index is -0.941. The number of amides is 1. The fourth-order valence-electron chi connectivity index (χ4n) is 1.77. The molecule has 2 aromatic rings. The normalized spacial score (nSPS) is 10.6. The van der Waals surface area contributed by atoms with Gasteiger partial charge < -0.3 is 10.8 Å². The first-order chi connectivity index (χ1) is 9.56. The Bertz CT molecular complexity index is 655. The van der Waals surface area contributed by atoms with E-state index in [0.29, 0.717) is 0 Å². The Labute approximate surface area is 116 Å². The van der Waals surface area contributed by atoms with Crippen LogP contribution in [0.15, 0.2) is 54.6 Å². The first-order valence-electron chi connectivity index (χ1n) is 5.97. The van der Waals surface area contributed by atoms with Gasteiger partial charge in [0.1, 0.15) is 0 Å². The van der Waals surface area contributed by atoms with E-state index in [1.165, 1.54) is 6.08 Å². The SMILES string of the molecule is NC(=O)/C=C\c1ccc(-c2ccc(C(=O)O)cc2)cc1. The highest BCUT2D eigenvalue weighted by atomic mass is 16.4. The van der Waals surface area contributed by atoms with Crippen LogP contribution in [-0.4, -0.2) is 17.0 Å². The fourth-order valence-corrected chi connectivity index (χ4v) is 1.77. The van der Waals surface area contributed by atoms with Crippen molar-refractivity contribution >= 4 is 18.0 Å². The molecule has 0 unspecified atom stereocenters. The van der Waals surface area contributed by atoms with Crippen LogP contribution in [0.1, 0.15) is 15.9 Å². The van der Waals surface area contributed by atoms with Gasteiger partial charge in [-0.25, -0.2) is 4.79 Å². The molecule has 1 amide bonds. The molecule has 0 fully saturated rings. The van der Waals surface area contributed by atoms with Crippen molar-refractivity contribution in [3.8, 4) is 11.1 Å². The summed E-state index contributed by atoms with van der Waals surface area (Å²) in [5, 5.41) is 8.84. The third-order valence-electron chi connectivity index (χ3n) is 2.82. The Kier molecular flexibility index (Phi) is 3.96. The third kappa shape index (κ3) is 3.32. The Morgan fingerprint density at radius 1 is 0.900 bits per heavy atom. The lowest BCUT2D eigenvalue weighted by Gasteiger charge is -2.03. The van der Waals surface area contributed by atoms with E-state index in [1.54, 1.807) is 30.3 Å². The van der Waals surface area contributed by atoms with Gasteiger partial charge in [0.25, 0.3) is 0 Å².